The van der Waals surface area contributed by atoms with E-state index in [2.05, 4.69) is 68.6 Å². The maximum absolute atomic E-state index is 12.5. The number of nitrogens with zero attached hydrogens (tertiary/aromatic N) is 1. The number of benzene rings is 3. The van der Waals surface area contributed by atoms with Crippen LogP contribution in [0.4, 0.5) is 5.69 Å². The van der Waals surface area contributed by atoms with E-state index in [0.717, 1.165) is 35.7 Å². The minimum absolute atomic E-state index is 0.0781. The minimum Gasteiger partial charge on any atom is -0.322 e. The average Bonchev–Trinajstić information content (AvgIpc) is 2.78. The fraction of sp³-hybridized carbons (Fsp3) is 0.269. The molecule has 4 heteroatoms. The zero-order valence-corrected chi connectivity index (χ0v) is 18.6. The highest BCUT2D eigenvalue weighted by Gasteiger charge is 2.19. The van der Waals surface area contributed by atoms with Crippen LogP contribution in [-0.4, -0.2) is 23.9 Å². The van der Waals surface area contributed by atoms with Crippen LogP contribution in [0.2, 0.25) is 0 Å². The van der Waals surface area contributed by atoms with E-state index in [1.165, 1.54) is 30.4 Å². The van der Waals surface area contributed by atoms with Crippen LogP contribution in [0.1, 0.15) is 34.3 Å². The van der Waals surface area contributed by atoms with E-state index in [1.807, 2.05) is 36.4 Å². The highest BCUT2D eigenvalue weighted by atomic mass is 79.9. The third kappa shape index (κ3) is 5.80. The van der Waals surface area contributed by atoms with Crippen molar-refractivity contribution in [2.45, 2.75) is 25.8 Å². The first kappa shape index (κ1) is 20.8. The van der Waals surface area contributed by atoms with E-state index in [-0.39, 0.29) is 5.91 Å². The number of nitrogens with one attached hydrogen (secondary N) is 1. The minimum atomic E-state index is -0.0781. The van der Waals surface area contributed by atoms with Gasteiger partial charge in [0.1, 0.15) is 0 Å². The number of hydrogen-bond acceptors (Lipinski definition) is 2. The number of anilines is 1. The van der Waals surface area contributed by atoms with Crippen LogP contribution in [0.15, 0.2) is 83.3 Å². The summed E-state index contributed by atoms with van der Waals surface area (Å²) in [5.41, 5.74) is 4.19. The molecule has 0 radical (unpaired) electrons. The number of carbonyl (C=O) groups excluding carboxylic acids is 1. The second-order valence-corrected chi connectivity index (χ2v) is 8.98. The van der Waals surface area contributed by atoms with Crippen molar-refractivity contribution in [1.82, 2.24) is 4.90 Å². The quantitative estimate of drug-likeness (QED) is 0.475. The number of likely N-dealkylation sites (tertiary alicyclic amines) is 1. The van der Waals surface area contributed by atoms with Gasteiger partial charge in [-0.3, -0.25) is 9.69 Å². The Morgan fingerprint density at radius 1 is 0.867 bits per heavy atom. The summed E-state index contributed by atoms with van der Waals surface area (Å²) in [6.45, 7) is 3.24. The Balaban J connectivity index is 1.25. The standard InChI is InChI=1S/C26H27BrN2O/c27-24-10-12-25(13-11-24)28-26(30)23-8-6-22(7-9-23)19-29-16-14-21(15-17-29)18-20-4-2-1-3-5-20/h1-13,21H,14-19H2,(H,28,30). The SMILES string of the molecule is O=C(Nc1ccc(Br)cc1)c1ccc(CN2CCC(Cc3ccccc3)CC2)cc1. The Morgan fingerprint density at radius 3 is 2.20 bits per heavy atom. The van der Waals surface area contributed by atoms with Crippen molar-refractivity contribution in [3.05, 3.63) is 100 Å². The Morgan fingerprint density at radius 2 is 1.53 bits per heavy atom. The predicted molar refractivity (Wildman–Crippen MR) is 127 cm³/mol. The summed E-state index contributed by atoms with van der Waals surface area (Å²) in [7, 11) is 0. The lowest BCUT2D eigenvalue weighted by Gasteiger charge is -2.32. The van der Waals surface area contributed by atoms with Gasteiger partial charge in [-0.2, -0.15) is 0 Å². The van der Waals surface area contributed by atoms with Crippen LogP contribution in [0, 0.1) is 5.92 Å². The molecular formula is C26H27BrN2O. The van der Waals surface area contributed by atoms with E-state index in [0.29, 0.717) is 5.56 Å². The predicted octanol–water partition coefficient (Wildman–Crippen LogP) is 6.16. The third-order valence-corrected chi connectivity index (χ3v) is 6.33. The Bertz CT molecular complexity index is 947. The molecule has 1 aliphatic heterocycles. The molecule has 1 aliphatic rings. The van der Waals surface area contributed by atoms with E-state index < -0.39 is 0 Å². The molecule has 1 amide bonds. The first-order valence-electron chi connectivity index (χ1n) is 10.6. The van der Waals surface area contributed by atoms with Crippen LogP contribution < -0.4 is 5.32 Å². The van der Waals surface area contributed by atoms with Gasteiger partial charge in [0.15, 0.2) is 0 Å². The summed E-state index contributed by atoms with van der Waals surface area (Å²) in [6.07, 6.45) is 3.70. The molecule has 1 heterocycles. The van der Waals surface area contributed by atoms with Crippen molar-refractivity contribution in [3.63, 3.8) is 0 Å². The van der Waals surface area contributed by atoms with Crippen molar-refractivity contribution < 1.29 is 4.79 Å². The Hall–Kier alpha value is -2.43. The molecule has 1 saturated heterocycles. The first-order valence-corrected chi connectivity index (χ1v) is 11.4. The summed E-state index contributed by atoms with van der Waals surface area (Å²) in [5, 5.41) is 2.94. The maximum Gasteiger partial charge on any atom is 0.255 e. The van der Waals surface area contributed by atoms with Gasteiger partial charge in [0.2, 0.25) is 0 Å². The summed E-state index contributed by atoms with van der Waals surface area (Å²) in [6, 6.07) is 26.4. The molecule has 0 unspecified atom stereocenters. The zero-order valence-electron chi connectivity index (χ0n) is 17.1. The molecule has 1 fully saturated rings. The largest absolute Gasteiger partial charge is 0.322 e. The van der Waals surface area contributed by atoms with E-state index in [4.69, 9.17) is 0 Å². The average molecular weight is 463 g/mol. The lowest BCUT2D eigenvalue weighted by atomic mass is 9.90. The van der Waals surface area contributed by atoms with Gasteiger partial charge in [-0.1, -0.05) is 58.4 Å². The molecule has 3 aromatic carbocycles. The van der Waals surface area contributed by atoms with Gasteiger partial charge in [0.25, 0.3) is 5.91 Å². The van der Waals surface area contributed by atoms with E-state index in [9.17, 15) is 4.79 Å². The normalized spacial score (nSPS) is 15.1. The number of piperidine rings is 1. The molecule has 30 heavy (non-hydrogen) atoms. The molecule has 154 valence electrons. The van der Waals surface area contributed by atoms with Crippen LogP contribution >= 0.6 is 15.9 Å². The molecular weight excluding hydrogens is 436 g/mol. The smallest absolute Gasteiger partial charge is 0.255 e. The molecule has 1 N–H and O–H groups in total. The lowest BCUT2D eigenvalue weighted by molar-refractivity contribution is 0.102. The monoisotopic (exact) mass is 462 g/mol. The second-order valence-electron chi connectivity index (χ2n) is 8.07. The highest BCUT2D eigenvalue weighted by Crippen LogP contribution is 2.23. The number of amides is 1. The van der Waals surface area contributed by atoms with Crippen LogP contribution in [0.5, 0.6) is 0 Å². The number of halogens is 1. The fourth-order valence-electron chi connectivity index (χ4n) is 4.05. The lowest BCUT2D eigenvalue weighted by Crippen LogP contribution is -2.33. The molecule has 3 nitrogen and oxygen atoms in total. The van der Waals surface area contributed by atoms with Gasteiger partial charge in [0, 0.05) is 22.3 Å². The summed E-state index contributed by atoms with van der Waals surface area (Å²) < 4.78 is 0.994. The summed E-state index contributed by atoms with van der Waals surface area (Å²) in [5.74, 6) is 0.707. The van der Waals surface area contributed by atoms with Gasteiger partial charge in [-0.15, -0.1) is 0 Å². The molecule has 0 spiro atoms. The van der Waals surface area contributed by atoms with Gasteiger partial charge in [0.05, 0.1) is 0 Å². The second kappa shape index (κ2) is 10.1. The topological polar surface area (TPSA) is 32.3 Å². The van der Waals surface area contributed by atoms with Gasteiger partial charge in [-0.05, 0) is 85.8 Å². The maximum atomic E-state index is 12.5. The Kier molecular flexibility index (Phi) is 6.98. The summed E-state index contributed by atoms with van der Waals surface area (Å²) >= 11 is 3.41. The molecule has 0 atom stereocenters. The van der Waals surface area contributed by atoms with Crippen molar-refractivity contribution in [2.24, 2.45) is 5.92 Å². The van der Waals surface area contributed by atoms with E-state index >= 15 is 0 Å². The molecule has 3 aromatic rings. The van der Waals surface area contributed by atoms with Crippen molar-refractivity contribution >= 4 is 27.5 Å². The molecule has 0 aromatic heterocycles. The third-order valence-electron chi connectivity index (χ3n) is 5.80. The van der Waals surface area contributed by atoms with Crippen LogP contribution in [0.25, 0.3) is 0 Å². The Labute approximate surface area is 187 Å². The van der Waals surface area contributed by atoms with Crippen molar-refractivity contribution in [2.75, 3.05) is 18.4 Å². The van der Waals surface area contributed by atoms with E-state index in [1.54, 1.807) is 0 Å². The number of carbonyl (C=O) groups is 1. The van der Waals surface area contributed by atoms with Gasteiger partial charge < -0.3 is 5.32 Å². The zero-order chi connectivity index (χ0) is 20.8. The molecule has 4 rings (SSSR count). The highest BCUT2D eigenvalue weighted by molar-refractivity contribution is 9.10. The van der Waals surface area contributed by atoms with Crippen LogP contribution in [-0.2, 0) is 13.0 Å². The van der Waals surface area contributed by atoms with Crippen LogP contribution in [0.3, 0.4) is 0 Å². The first-order chi connectivity index (χ1) is 14.7. The molecule has 0 aliphatic carbocycles. The number of rotatable bonds is 6. The summed E-state index contributed by atoms with van der Waals surface area (Å²) in [4.78, 5) is 15.0. The van der Waals surface area contributed by atoms with Gasteiger partial charge >= 0.3 is 0 Å². The number of hydrogen-bond donors (Lipinski definition) is 1. The fourth-order valence-corrected chi connectivity index (χ4v) is 4.32. The van der Waals surface area contributed by atoms with Gasteiger partial charge in [-0.25, -0.2) is 0 Å². The molecule has 0 saturated carbocycles. The molecule has 0 bridgehead atoms. The van der Waals surface area contributed by atoms with Crippen molar-refractivity contribution in [3.8, 4) is 0 Å². The van der Waals surface area contributed by atoms with Crippen molar-refractivity contribution in [1.29, 1.82) is 0 Å².